The van der Waals surface area contributed by atoms with Gasteiger partial charge < -0.3 is 9.67 Å². The number of nitrogens with one attached hydrogen (secondary N) is 1. The van der Waals surface area contributed by atoms with Crippen LogP contribution in [0.4, 0.5) is 0 Å². The van der Waals surface area contributed by atoms with Crippen LogP contribution in [0.2, 0.25) is 0 Å². The van der Waals surface area contributed by atoms with E-state index >= 15 is 0 Å². The SMILES string of the molecule is CCn1ccnc1C1NC(C(=O)O)C(C)(C)S1. The molecule has 2 atom stereocenters. The van der Waals surface area contributed by atoms with Crippen molar-refractivity contribution in [3.8, 4) is 0 Å². The topological polar surface area (TPSA) is 67.2 Å². The highest BCUT2D eigenvalue weighted by molar-refractivity contribution is 8.01. The number of aryl methyl sites for hydroxylation is 1. The molecule has 2 rings (SSSR count). The third-order valence-electron chi connectivity index (χ3n) is 3.00. The van der Waals surface area contributed by atoms with Crippen molar-refractivity contribution in [3.05, 3.63) is 18.2 Å². The van der Waals surface area contributed by atoms with E-state index < -0.39 is 12.0 Å². The first-order valence-electron chi connectivity index (χ1n) is 5.63. The van der Waals surface area contributed by atoms with Crippen LogP contribution in [-0.4, -0.2) is 31.4 Å². The summed E-state index contributed by atoms with van der Waals surface area (Å²) in [5.41, 5.74) is 0. The molecule has 0 spiro atoms. The van der Waals surface area contributed by atoms with Crippen molar-refractivity contribution in [3.63, 3.8) is 0 Å². The number of hydrogen-bond donors (Lipinski definition) is 2. The molecule has 1 fully saturated rings. The summed E-state index contributed by atoms with van der Waals surface area (Å²) in [6, 6.07) is -0.542. The van der Waals surface area contributed by atoms with E-state index in [1.807, 2.05) is 31.5 Å². The van der Waals surface area contributed by atoms with Crippen LogP contribution >= 0.6 is 11.8 Å². The van der Waals surface area contributed by atoms with Crippen molar-refractivity contribution >= 4 is 17.7 Å². The summed E-state index contributed by atoms with van der Waals surface area (Å²) in [6.45, 7) is 6.78. The monoisotopic (exact) mass is 255 g/mol. The first-order chi connectivity index (χ1) is 7.95. The fourth-order valence-corrected chi connectivity index (χ4v) is 3.50. The highest BCUT2D eigenvalue weighted by Crippen LogP contribution is 2.45. The summed E-state index contributed by atoms with van der Waals surface area (Å²) in [4.78, 5) is 15.5. The van der Waals surface area contributed by atoms with Crippen LogP contribution in [0, 0.1) is 0 Å². The second kappa shape index (κ2) is 4.34. The lowest BCUT2D eigenvalue weighted by molar-refractivity contribution is -0.139. The number of carbonyl (C=O) groups is 1. The zero-order chi connectivity index (χ0) is 12.6. The van der Waals surface area contributed by atoms with Crippen molar-refractivity contribution in [2.24, 2.45) is 0 Å². The number of carboxylic acids is 1. The molecule has 0 amide bonds. The molecule has 17 heavy (non-hydrogen) atoms. The van der Waals surface area contributed by atoms with Gasteiger partial charge in [0.1, 0.15) is 17.2 Å². The van der Waals surface area contributed by atoms with Crippen LogP contribution in [0.25, 0.3) is 0 Å². The summed E-state index contributed by atoms with van der Waals surface area (Å²) in [5, 5.41) is 12.3. The lowest BCUT2D eigenvalue weighted by atomic mass is 10.0. The molecule has 0 aliphatic carbocycles. The zero-order valence-corrected chi connectivity index (χ0v) is 11.0. The van der Waals surface area contributed by atoms with E-state index in [1.165, 1.54) is 0 Å². The van der Waals surface area contributed by atoms with Gasteiger partial charge in [0.15, 0.2) is 0 Å². The summed E-state index contributed by atoms with van der Waals surface area (Å²) in [6.07, 6.45) is 3.67. The molecule has 1 aliphatic rings. The number of aromatic nitrogens is 2. The third-order valence-corrected chi connectivity index (χ3v) is 4.43. The number of hydrogen-bond acceptors (Lipinski definition) is 4. The molecule has 0 bridgehead atoms. The van der Waals surface area contributed by atoms with Crippen LogP contribution in [0.3, 0.4) is 0 Å². The van der Waals surface area contributed by atoms with Crippen molar-refractivity contribution < 1.29 is 9.90 Å². The van der Waals surface area contributed by atoms with Crippen LogP contribution in [-0.2, 0) is 11.3 Å². The van der Waals surface area contributed by atoms with Gasteiger partial charge in [-0.2, -0.15) is 0 Å². The third kappa shape index (κ3) is 2.19. The summed E-state index contributed by atoms with van der Waals surface area (Å²) < 4.78 is 1.70. The van der Waals surface area contributed by atoms with Crippen LogP contribution in [0.1, 0.15) is 32.0 Å². The Hall–Kier alpha value is -1.01. The Morgan fingerprint density at radius 2 is 2.41 bits per heavy atom. The minimum absolute atomic E-state index is 0.0546. The minimum Gasteiger partial charge on any atom is -0.480 e. The number of thioether (sulfide) groups is 1. The summed E-state index contributed by atoms with van der Waals surface area (Å²) in [5.74, 6) is 0.0916. The molecular formula is C11H17N3O2S. The average Bonchev–Trinajstić information content (AvgIpc) is 2.80. The van der Waals surface area contributed by atoms with E-state index in [0.29, 0.717) is 0 Å². The van der Waals surface area contributed by atoms with Gasteiger partial charge >= 0.3 is 5.97 Å². The lowest BCUT2D eigenvalue weighted by Gasteiger charge is -2.20. The van der Waals surface area contributed by atoms with Gasteiger partial charge in [-0.1, -0.05) is 0 Å². The number of nitrogens with zero attached hydrogens (tertiary/aromatic N) is 2. The maximum absolute atomic E-state index is 11.2. The number of imidazole rings is 1. The van der Waals surface area contributed by atoms with Crippen LogP contribution in [0.15, 0.2) is 12.4 Å². The van der Waals surface area contributed by atoms with Crippen molar-refractivity contribution in [2.75, 3.05) is 0 Å². The fraction of sp³-hybridized carbons (Fsp3) is 0.636. The molecule has 1 aromatic heterocycles. The molecular weight excluding hydrogens is 238 g/mol. The Morgan fingerprint density at radius 3 is 2.94 bits per heavy atom. The highest BCUT2D eigenvalue weighted by atomic mass is 32.2. The lowest BCUT2D eigenvalue weighted by Crippen LogP contribution is -2.43. The molecule has 6 heteroatoms. The number of aliphatic carboxylic acids is 1. The largest absolute Gasteiger partial charge is 0.480 e. The molecule has 0 radical (unpaired) electrons. The van der Waals surface area contributed by atoms with Crippen LogP contribution < -0.4 is 5.32 Å². The van der Waals surface area contributed by atoms with Gasteiger partial charge in [-0.05, 0) is 20.8 Å². The van der Waals surface area contributed by atoms with Gasteiger partial charge in [0.25, 0.3) is 0 Å². The Morgan fingerprint density at radius 1 is 1.71 bits per heavy atom. The quantitative estimate of drug-likeness (QED) is 0.856. The molecule has 2 heterocycles. The van der Waals surface area contributed by atoms with Crippen molar-refractivity contribution in [1.29, 1.82) is 0 Å². The second-order valence-electron chi connectivity index (χ2n) is 4.61. The van der Waals surface area contributed by atoms with Gasteiger partial charge in [0, 0.05) is 23.7 Å². The van der Waals surface area contributed by atoms with E-state index in [0.717, 1.165) is 12.4 Å². The Balaban J connectivity index is 2.24. The second-order valence-corrected chi connectivity index (χ2v) is 6.37. The number of rotatable bonds is 3. The Bertz CT molecular complexity index is 430. The highest BCUT2D eigenvalue weighted by Gasteiger charge is 2.46. The van der Waals surface area contributed by atoms with Gasteiger partial charge in [-0.15, -0.1) is 11.8 Å². The molecule has 1 aromatic rings. The standard InChI is InChI=1S/C11H17N3O2S/c1-4-14-6-5-12-8(14)9-13-7(10(15)16)11(2,3)17-9/h5-7,9,13H,4H2,1-3H3,(H,15,16). The molecule has 2 unspecified atom stereocenters. The van der Waals surface area contributed by atoms with E-state index in [9.17, 15) is 9.90 Å². The predicted octanol–water partition coefficient (Wildman–Crippen LogP) is 1.47. The van der Waals surface area contributed by atoms with E-state index in [2.05, 4.69) is 10.3 Å². The molecule has 5 nitrogen and oxygen atoms in total. The molecule has 0 aromatic carbocycles. The van der Waals surface area contributed by atoms with Gasteiger partial charge in [0.05, 0.1) is 0 Å². The molecule has 94 valence electrons. The molecule has 0 saturated carbocycles. The van der Waals surface area contributed by atoms with Gasteiger partial charge in [-0.3, -0.25) is 10.1 Å². The maximum Gasteiger partial charge on any atom is 0.322 e. The summed E-state index contributed by atoms with van der Waals surface area (Å²) >= 11 is 1.62. The molecule has 1 aliphatic heterocycles. The maximum atomic E-state index is 11.2. The fourth-order valence-electron chi connectivity index (χ4n) is 2.08. The van der Waals surface area contributed by atoms with E-state index in [1.54, 1.807) is 18.0 Å². The molecule has 1 saturated heterocycles. The Labute approximate surface area is 105 Å². The first-order valence-corrected chi connectivity index (χ1v) is 6.51. The average molecular weight is 255 g/mol. The minimum atomic E-state index is -0.806. The van der Waals surface area contributed by atoms with Crippen molar-refractivity contribution in [1.82, 2.24) is 14.9 Å². The van der Waals surface area contributed by atoms with Gasteiger partial charge in [-0.25, -0.2) is 4.98 Å². The van der Waals surface area contributed by atoms with Crippen LogP contribution in [0.5, 0.6) is 0 Å². The van der Waals surface area contributed by atoms with E-state index in [-0.39, 0.29) is 10.1 Å². The Kier molecular flexibility index (Phi) is 3.18. The molecule has 2 N–H and O–H groups in total. The summed E-state index contributed by atoms with van der Waals surface area (Å²) in [7, 11) is 0. The predicted molar refractivity (Wildman–Crippen MR) is 66.9 cm³/mol. The normalized spacial score (nSPS) is 27.2. The number of carboxylic acid groups (broad SMARTS) is 1. The van der Waals surface area contributed by atoms with Gasteiger partial charge in [0.2, 0.25) is 0 Å². The van der Waals surface area contributed by atoms with Crippen molar-refractivity contribution in [2.45, 2.75) is 43.5 Å². The van der Waals surface area contributed by atoms with E-state index in [4.69, 9.17) is 0 Å². The first kappa shape index (κ1) is 12.4. The zero-order valence-electron chi connectivity index (χ0n) is 10.2. The smallest absolute Gasteiger partial charge is 0.322 e.